The molecule has 88 valence electrons. The maximum atomic E-state index is 10.9. The molecule has 0 fully saturated rings. The number of esters is 1. The summed E-state index contributed by atoms with van der Waals surface area (Å²) in [6.45, 7) is 0. The van der Waals surface area contributed by atoms with Crippen LogP contribution in [0.1, 0.15) is 12.0 Å². The standard InChI is InChI=1S/C11H14ClNO2S/c1-15-11(14)4-5-16-7-8-2-3-9(13)6-10(8)12/h2-3,6H,4-5,7,13H2,1H3. The molecule has 0 spiro atoms. The van der Waals surface area contributed by atoms with E-state index in [-0.39, 0.29) is 5.97 Å². The number of methoxy groups -OCH3 is 1. The molecule has 0 saturated carbocycles. The van der Waals surface area contributed by atoms with E-state index in [0.29, 0.717) is 17.1 Å². The Kier molecular flexibility index (Phi) is 5.49. The number of nitrogens with two attached hydrogens (primary N) is 1. The predicted octanol–water partition coefficient (Wildman–Crippen LogP) is 2.72. The van der Waals surface area contributed by atoms with Crippen LogP contribution >= 0.6 is 23.4 Å². The summed E-state index contributed by atoms with van der Waals surface area (Å²) in [7, 11) is 1.39. The fourth-order valence-electron chi connectivity index (χ4n) is 1.12. The van der Waals surface area contributed by atoms with Crippen LogP contribution in [0.2, 0.25) is 5.02 Å². The van der Waals surface area contributed by atoms with Crippen LogP contribution in [-0.4, -0.2) is 18.8 Å². The average Bonchev–Trinajstić information content (AvgIpc) is 2.26. The van der Waals surface area contributed by atoms with Gasteiger partial charge in [-0.15, -0.1) is 0 Å². The third-order valence-corrected chi connectivity index (χ3v) is 3.37. The summed E-state index contributed by atoms with van der Waals surface area (Å²) >= 11 is 7.66. The van der Waals surface area contributed by atoms with Crippen molar-refractivity contribution in [3.63, 3.8) is 0 Å². The number of ether oxygens (including phenoxy) is 1. The third kappa shape index (κ3) is 4.33. The molecule has 0 heterocycles. The Morgan fingerprint density at radius 2 is 2.31 bits per heavy atom. The molecule has 0 aliphatic rings. The number of hydrogen-bond donors (Lipinski definition) is 1. The highest BCUT2D eigenvalue weighted by atomic mass is 35.5. The van der Waals surface area contributed by atoms with E-state index in [9.17, 15) is 4.79 Å². The van der Waals surface area contributed by atoms with Gasteiger partial charge in [-0.25, -0.2) is 0 Å². The van der Waals surface area contributed by atoms with Crippen molar-refractivity contribution >= 4 is 35.0 Å². The van der Waals surface area contributed by atoms with Crippen LogP contribution in [0.3, 0.4) is 0 Å². The molecule has 16 heavy (non-hydrogen) atoms. The second kappa shape index (κ2) is 6.66. The van der Waals surface area contributed by atoms with Crippen molar-refractivity contribution in [2.75, 3.05) is 18.6 Å². The minimum Gasteiger partial charge on any atom is -0.469 e. The van der Waals surface area contributed by atoms with E-state index in [1.54, 1.807) is 17.8 Å². The lowest BCUT2D eigenvalue weighted by Gasteiger charge is -2.04. The predicted molar refractivity (Wildman–Crippen MR) is 68.7 cm³/mol. The molecular formula is C11H14ClNO2S. The van der Waals surface area contributed by atoms with Crippen LogP contribution in [-0.2, 0) is 15.3 Å². The zero-order valence-corrected chi connectivity index (χ0v) is 10.6. The molecule has 0 unspecified atom stereocenters. The van der Waals surface area contributed by atoms with Crippen LogP contribution in [0.4, 0.5) is 5.69 Å². The molecule has 1 rings (SSSR count). The van der Waals surface area contributed by atoms with Crippen molar-refractivity contribution in [3.8, 4) is 0 Å². The van der Waals surface area contributed by atoms with Gasteiger partial charge in [-0.1, -0.05) is 17.7 Å². The van der Waals surface area contributed by atoms with E-state index < -0.39 is 0 Å². The van der Waals surface area contributed by atoms with Gasteiger partial charge in [-0.3, -0.25) is 4.79 Å². The molecule has 0 aliphatic heterocycles. The average molecular weight is 260 g/mol. The van der Waals surface area contributed by atoms with Crippen LogP contribution in [0, 0.1) is 0 Å². The lowest BCUT2D eigenvalue weighted by molar-refractivity contribution is -0.140. The number of rotatable bonds is 5. The van der Waals surface area contributed by atoms with E-state index in [4.69, 9.17) is 17.3 Å². The first kappa shape index (κ1) is 13.2. The van der Waals surface area contributed by atoms with Gasteiger partial charge in [0, 0.05) is 22.2 Å². The molecule has 0 bridgehead atoms. The number of carbonyl (C=O) groups is 1. The molecule has 0 atom stereocenters. The zero-order valence-electron chi connectivity index (χ0n) is 9.03. The van der Waals surface area contributed by atoms with Gasteiger partial charge in [-0.2, -0.15) is 11.8 Å². The summed E-state index contributed by atoms with van der Waals surface area (Å²) in [5, 5.41) is 0.672. The fourth-order valence-corrected chi connectivity index (χ4v) is 2.38. The second-order valence-electron chi connectivity index (χ2n) is 3.23. The number of halogens is 1. The molecule has 1 aromatic carbocycles. The van der Waals surface area contributed by atoms with Crippen molar-refractivity contribution in [1.29, 1.82) is 0 Å². The summed E-state index contributed by atoms with van der Waals surface area (Å²) < 4.78 is 4.55. The van der Waals surface area contributed by atoms with E-state index in [1.807, 2.05) is 12.1 Å². The lowest BCUT2D eigenvalue weighted by atomic mass is 10.2. The van der Waals surface area contributed by atoms with Crippen molar-refractivity contribution in [2.45, 2.75) is 12.2 Å². The minimum atomic E-state index is -0.184. The van der Waals surface area contributed by atoms with Gasteiger partial charge in [-0.05, 0) is 17.7 Å². The Hall–Kier alpha value is -0.870. The van der Waals surface area contributed by atoms with Gasteiger partial charge in [0.1, 0.15) is 0 Å². The monoisotopic (exact) mass is 259 g/mol. The maximum absolute atomic E-state index is 10.9. The summed E-state index contributed by atoms with van der Waals surface area (Å²) in [6.07, 6.45) is 0.424. The summed E-state index contributed by atoms with van der Waals surface area (Å²) in [5.74, 6) is 1.32. The van der Waals surface area contributed by atoms with Crippen LogP contribution in [0.15, 0.2) is 18.2 Å². The molecule has 1 aromatic rings. The number of nitrogen functional groups attached to an aromatic ring is 1. The Morgan fingerprint density at radius 3 is 2.94 bits per heavy atom. The molecule has 3 nitrogen and oxygen atoms in total. The van der Waals surface area contributed by atoms with Crippen LogP contribution < -0.4 is 5.73 Å². The van der Waals surface area contributed by atoms with Crippen molar-refractivity contribution in [2.24, 2.45) is 0 Å². The van der Waals surface area contributed by atoms with E-state index in [1.165, 1.54) is 7.11 Å². The van der Waals surface area contributed by atoms with Crippen molar-refractivity contribution in [3.05, 3.63) is 28.8 Å². The maximum Gasteiger partial charge on any atom is 0.306 e. The molecule has 5 heteroatoms. The first-order valence-electron chi connectivity index (χ1n) is 4.82. The second-order valence-corrected chi connectivity index (χ2v) is 4.74. The molecular weight excluding hydrogens is 246 g/mol. The number of benzene rings is 1. The van der Waals surface area contributed by atoms with Gasteiger partial charge < -0.3 is 10.5 Å². The molecule has 0 saturated heterocycles. The number of anilines is 1. The Balaban J connectivity index is 2.35. The first-order chi connectivity index (χ1) is 7.63. The Bertz CT molecular complexity index is 371. The molecule has 0 aliphatic carbocycles. The normalized spacial score (nSPS) is 10.1. The molecule has 0 radical (unpaired) electrons. The quantitative estimate of drug-likeness (QED) is 0.502. The minimum absolute atomic E-state index is 0.184. The highest BCUT2D eigenvalue weighted by molar-refractivity contribution is 7.98. The van der Waals surface area contributed by atoms with Gasteiger partial charge in [0.25, 0.3) is 0 Å². The molecule has 0 amide bonds. The summed E-state index contributed by atoms with van der Waals surface area (Å²) in [6, 6.07) is 5.46. The lowest BCUT2D eigenvalue weighted by Crippen LogP contribution is -2.01. The highest BCUT2D eigenvalue weighted by Crippen LogP contribution is 2.23. The number of carbonyl (C=O) groups excluding carboxylic acids is 1. The smallest absolute Gasteiger partial charge is 0.306 e. The van der Waals surface area contributed by atoms with Crippen LogP contribution in [0.25, 0.3) is 0 Å². The van der Waals surface area contributed by atoms with E-state index in [2.05, 4.69) is 4.74 Å². The number of thioether (sulfide) groups is 1. The van der Waals surface area contributed by atoms with Gasteiger partial charge in [0.2, 0.25) is 0 Å². The zero-order chi connectivity index (χ0) is 12.0. The van der Waals surface area contributed by atoms with Gasteiger partial charge in [0.15, 0.2) is 0 Å². The fraction of sp³-hybridized carbons (Fsp3) is 0.364. The Morgan fingerprint density at radius 1 is 1.56 bits per heavy atom. The highest BCUT2D eigenvalue weighted by Gasteiger charge is 2.03. The largest absolute Gasteiger partial charge is 0.469 e. The van der Waals surface area contributed by atoms with E-state index >= 15 is 0 Å². The number of hydrogen-bond acceptors (Lipinski definition) is 4. The SMILES string of the molecule is COC(=O)CCSCc1ccc(N)cc1Cl. The molecule has 0 aromatic heterocycles. The van der Waals surface area contributed by atoms with E-state index in [0.717, 1.165) is 17.1 Å². The topological polar surface area (TPSA) is 52.3 Å². The summed E-state index contributed by atoms with van der Waals surface area (Å²) in [5.41, 5.74) is 7.28. The first-order valence-corrected chi connectivity index (χ1v) is 6.35. The third-order valence-electron chi connectivity index (χ3n) is 2.01. The Labute approximate surface area is 104 Å². The summed E-state index contributed by atoms with van der Waals surface area (Å²) in [4.78, 5) is 10.9. The molecule has 2 N–H and O–H groups in total. The van der Waals surface area contributed by atoms with Crippen molar-refractivity contribution < 1.29 is 9.53 Å². The van der Waals surface area contributed by atoms with Crippen molar-refractivity contribution in [1.82, 2.24) is 0 Å². The van der Waals surface area contributed by atoms with Crippen LogP contribution in [0.5, 0.6) is 0 Å². The van der Waals surface area contributed by atoms with Gasteiger partial charge >= 0.3 is 5.97 Å². The van der Waals surface area contributed by atoms with Gasteiger partial charge in [0.05, 0.1) is 13.5 Å².